The largest absolute Gasteiger partial charge is 0.327 e. The van der Waals surface area contributed by atoms with E-state index in [0.717, 1.165) is 30.4 Å². The van der Waals surface area contributed by atoms with Crippen molar-refractivity contribution >= 4 is 6.08 Å². The maximum absolute atomic E-state index is 13.0. The molecule has 0 radical (unpaired) electrons. The van der Waals surface area contributed by atoms with Gasteiger partial charge in [-0.3, -0.25) is 0 Å². The molecule has 80 valence electrons. The van der Waals surface area contributed by atoms with Gasteiger partial charge in [-0.2, -0.15) is 0 Å². The summed E-state index contributed by atoms with van der Waals surface area (Å²) >= 11 is 0. The summed E-state index contributed by atoms with van der Waals surface area (Å²) in [6.45, 7) is 2.00. The Morgan fingerprint density at radius 2 is 2.27 bits per heavy atom. The summed E-state index contributed by atoms with van der Waals surface area (Å²) in [4.78, 5) is 0. The SMILES string of the molecule is Cc1ccc(F)cc1/C=C1/CCC(N)C1. The van der Waals surface area contributed by atoms with E-state index in [1.54, 1.807) is 6.07 Å². The van der Waals surface area contributed by atoms with Gasteiger partial charge in [0.05, 0.1) is 0 Å². The van der Waals surface area contributed by atoms with Crippen LogP contribution in [0.4, 0.5) is 4.39 Å². The van der Waals surface area contributed by atoms with Crippen LogP contribution in [0.2, 0.25) is 0 Å². The van der Waals surface area contributed by atoms with Crippen molar-refractivity contribution in [3.8, 4) is 0 Å². The van der Waals surface area contributed by atoms with Gasteiger partial charge in [-0.1, -0.05) is 17.7 Å². The van der Waals surface area contributed by atoms with E-state index in [9.17, 15) is 4.39 Å². The van der Waals surface area contributed by atoms with E-state index in [1.807, 2.05) is 13.0 Å². The van der Waals surface area contributed by atoms with Crippen LogP contribution in [0.1, 0.15) is 30.4 Å². The highest BCUT2D eigenvalue weighted by Crippen LogP contribution is 2.26. The summed E-state index contributed by atoms with van der Waals surface area (Å²) in [5, 5.41) is 0. The van der Waals surface area contributed by atoms with Crippen LogP contribution in [0.25, 0.3) is 6.08 Å². The van der Waals surface area contributed by atoms with Gasteiger partial charge in [0, 0.05) is 6.04 Å². The van der Waals surface area contributed by atoms with E-state index < -0.39 is 0 Å². The Bertz CT molecular complexity index is 396. The highest BCUT2D eigenvalue weighted by atomic mass is 19.1. The van der Waals surface area contributed by atoms with E-state index in [4.69, 9.17) is 5.73 Å². The summed E-state index contributed by atoms with van der Waals surface area (Å²) in [5.41, 5.74) is 9.28. The Balaban J connectivity index is 2.26. The minimum atomic E-state index is -0.172. The summed E-state index contributed by atoms with van der Waals surface area (Å²) in [6.07, 6.45) is 5.15. The zero-order valence-electron chi connectivity index (χ0n) is 8.96. The number of halogens is 1. The lowest BCUT2D eigenvalue weighted by atomic mass is 10.0. The fraction of sp³-hybridized carbons (Fsp3) is 0.385. The predicted molar refractivity (Wildman–Crippen MR) is 60.9 cm³/mol. The lowest BCUT2D eigenvalue weighted by Gasteiger charge is -2.02. The predicted octanol–water partition coefficient (Wildman–Crippen LogP) is 3.03. The van der Waals surface area contributed by atoms with Crippen LogP contribution < -0.4 is 5.73 Å². The summed E-state index contributed by atoms with van der Waals surface area (Å²) < 4.78 is 13.0. The smallest absolute Gasteiger partial charge is 0.123 e. The normalized spacial score (nSPS) is 23.7. The molecule has 1 fully saturated rings. The quantitative estimate of drug-likeness (QED) is 0.749. The molecule has 1 aliphatic carbocycles. The molecule has 1 aliphatic rings. The van der Waals surface area contributed by atoms with Gasteiger partial charge >= 0.3 is 0 Å². The molecule has 2 N–H and O–H groups in total. The molecule has 1 nitrogen and oxygen atoms in total. The van der Waals surface area contributed by atoms with Gasteiger partial charge in [0.15, 0.2) is 0 Å². The van der Waals surface area contributed by atoms with Crippen molar-refractivity contribution in [1.29, 1.82) is 0 Å². The molecule has 0 spiro atoms. The number of hydrogen-bond donors (Lipinski definition) is 1. The highest BCUT2D eigenvalue weighted by molar-refractivity contribution is 5.57. The van der Waals surface area contributed by atoms with E-state index >= 15 is 0 Å². The first-order chi connectivity index (χ1) is 7.15. The topological polar surface area (TPSA) is 26.0 Å². The molecule has 1 unspecified atom stereocenters. The van der Waals surface area contributed by atoms with Crippen molar-refractivity contribution in [1.82, 2.24) is 0 Å². The van der Waals surface area contributed by atoms with Crippen LogP contribution in [0, 0.1) is 12.7 Å². The van der Waals surface area contributed by atoms with Crippen molar-refractivity contribution in [2.24, 2.45) is 5.73 Å². The minimum Gasteiger partial charge on any atom is -0.327 e. The highest BCUT2D eigenvalue weighted by Gasteiger charge is 2.15. The number of hydrogen-bond acceptors (Lipinski definition) is 1. The van der Waals surface area contributed by atoms with Crippen molar-refractivity contribution in [3.63, 3.8) is 0 Å². The molecule has 1 aromatic rings. The maximum atomic E-state index is 13.0. The zero-order chi connectivity index (χ0) is 10.8. The first kappa shape index (κ1) is 10.4. The van der Waals surface area contributed by atoms with Crippen LogP contribution >= 0.6 is 0 Å². The van der Waals surface area contributed by atoms with E-state index in [-0.39, 0.29) is 5.82 Å². The maximum Gasteiger partial charge on any atom is 0.123 e. The second-order valence-electron chi connectivity index (χ2n) is 4.31. The lowest BCUT2D eigenvalue weighted by Crippen LogP contribution is -2.13. The van der Waals surface area contributed by atoms with Gasteiger partial charge in [0.1, 0.15) is 5.82 Å². The fourth-order valence-corrected chi connectivity index (χ4v) is 2.03. The van der Waals surface area contributed by atoms with Crippen LogP contribution in [-0.2, 0) is 0 Å². The molecule has 0 aliphatic heterocycles. The summed E-state index contributed by atoms with van der Waals surface area (Å²) in [6, 6.07) is 5.20. The zero-order valence-corrected chi connectivity index (χ0v) is 8.96. The molecule has 1 atom stereocenters. The monoisotopic (exact) mass is 205 g/mol. The minimum absolute atomic E-state index is 0.172. The van der Waals surface area contributed by atoms with Gasteiger partial charge in [-0.25, -0.2) is 4.39 Å². The van der Waals surface area contributed by atoms with E-state index in [2.05, 4.69) is 6.08 Å². The second kappa shape index (κ2) is 4.15. The van der Waals surface area contributed by atoms with Gasteiger partial charge in [0.2, 0.25) is 0 Å². The van der Waals surface area contributed by atoms with Crippen LogP contribution in [0.5, 0.6) is 0 Å². The van der Waals surface area contributed by atoms with E-state index in [1.165, 1.54) is 11.6 Å². The first-order valence-corrected chi connectivity index (χ1v) is 5.36. The third kappa shape index (κ3) is 2.45. The van der Waals surface area contributed by atoms with Crippen molar-refractivity contribution < 1.29 is 4.39 Å². The fourth-order valence-electron chi connectivity index (χ4n) is 2.03. The average molecular weight is 205 g/mol. The molecule has 1 aromatic carbocycles. The summed E-state index contributed by atoms with van der Waals surface area (Å²) in [5.74, 6) is -0.172. The van der Waals surface area contributed by atoms with Crippen LogP contribution in [0.15, 0.2) is 23.8 Å². The van der Waals surface area contributed by atoms with Gasteiger partial charge in [0.25, 0.3) is 0 Å². The van der Waals surface area contributed by atoms with Crippen LogP contribution in [-0.4, -0.2) is 6.04 Å². The third-order valence-electron chi connectivity index (χ3n) is 2.96. The lowest BCUT2D eigenvalue weighted by molar-refractivity contribution is 0.627. The molecule has 1 saturated carbocycles. The third-order valence-corrected chi connectivity index (χ3v) is 2.96. The Morgan fingerprint density at radius 1 is 1.47 bits per heavy atom. The molecule has 0 heterocycles. The standard InChI is InChI=1S/C13H16FN/c1-9-2-4-12(14)8-11(9)6-10-3-5-13(15)7-10/h2,4,6,8,13H,3,5,7,15H2,1H3/b10-6-. The number of rotatable bonds is 1. The van der Waals surface area contributed by atoms with Crippen LogP contribution in [0.3, 0.4) is 0 Å². The molecular weight excluding hydrogens is 189 g/mol. The molecule has 2 heteroatoms. The second-order valence-corrected chi connectivity index (χ2v) is 4.31. The molecule has 15 heavy (non-hydrogen) atoms. The molecule has 0 aromatic heterocycles. The van der Waals surface area contributed by atoms with Gasteiger partial charge in [-0.15, -0.1) is 0 Å². The molecule has 2 rings (SSSR count). The Labute approximate surface area is 89.8 Å². The van der Waals surface area contributed by atoms with Crippen molar-refractivity contribution in [2.75, 3.05) is 0 Å². The average Bonchev–Trinajstić information content (AvgIpc) is 2.58. The molecule has 0 saturated heterocycles. The summed E-state index contributed by atoms with van der Waals surface area (Å²) in [7, 11) is 0. The van der Waals surface area contributed by atoms with Gasteiger partial charge in [-0.05, 0) is 49.4 Å². The van der Waals surface area contributed by atoms with Crippen molar-refractivity contribution in [3.05, 3.63) is 40.7 Å². The molecular formula is C13H16FN. The Morgan fingerprint density at radius 3 is 2.93 bits per heavy atom. The van der Waals surface area contributed by atoms with E-state index in [0.29, 0.717) is 6.04 Å². The molecule has 0 amide bonds. The molecule has 0 bridgehead atoms. The number of nitrogens with two attached hydrogens (primary N) is 1. The Kier molecular flexibility index (Phi) is 2.87. The number of aryl methyl sites for hydroxylation is 1. The van der Waals surface area contributed by atoms with Crippen molar-refractivity contribution in [2.45, 2.75) is 32.2 Å². The number of benzene rings is 1. The Hall–Kier alpha value is -1.15. The van der Waals surface area contributed by atoms with Gasteiger partial charge < -0.3 is 5.73 Å². The first-order valence-electron chi connectivity index (χ1n) is 5.36.